The second kappa shape index (κ2) is 9.64. The molecule has 164 valence electrons. The minimum atomic E-state index is -0.306. The second-order valence-corrected chi connectivity index (χ2v) is 7.85. The molecule has 0 saturated heterocycles. The molecular formula is C26H25FN2O3. The number of carbonyl (C=O) groups is 1. The highest BCUT2D eigenvalue weighted by molar-refractivity contribution is 6.03. The molecule has 0 aliphatic carbocycles. The molecule has 0 unspecified atom stereocenters. The van der Waals surface area contributed by atoms with Crippen molar-refractivity contribution < 1.29 is 18.8 Å². The van der Waals surface area contributed by atoms with Gasteiger partial charge in [-0.05, 0) is 48.9 Å². The molecule has 1 aliphatic heterocycles. The van der Waals surface area contributed by atoms with E-state index in [9.17, 15) is 9.18 Å². The molecule has 1 aliphatic rings. The first-order chi connectivity index (χ1) is 15.5. The number of hydrogen-bond donors (Lipinski definition) is 0. The van der Waals surface area contributed by atoms with E-state index in [0.717, 1.165) is 28.2 Å². The van der Waals surface area contributed by atoms with Crippen LogP contribution in [0.25, 0.3) is 0 Å². The Hall–Kier alpha value is -3.67. The highest BCUT2D eigenvalue weighted by Crippen LogP contribution is 2.25. The summed E-state index contributed by atoms with van der Waals surface area (Å²) in [6, 6.07) is 21.3. The van der Waals surface area contributed by atoms with Crippen molar-refractivity contribution in [3.05, 3.63) is 101 Å². The van der Waals surface area contributed by atoms with E-state index in [4.69, 9.17) is 9.57 Å². The van der Waals surface area contributed by atoms with E-state index in [0.29, 0.717) is 25.1 Å². The van der Waals surface area contributed by atoms with Gasteiger partial charge in [0.05, 0.1) is 19.4 Å². The molecule has 6 heteroatoms. The van der Waals surface area contributed by atoms with Crippen LogP contribution in [0.3, 0.4) is 0 Å². The average Bonchev–Trinajstić information content (AvgIpc) is 3.28. The van der Waals surface area contributed by atoms with Gasteiger partial charge in [0.15, 0.2) is 6.10 Å². The van der Waals surface area contributed by atoms with Crippen molar-refractivity contribution in [3.8, 4) is 5.75 Å². The number of hydrogen-bond acceptors (Lipinski definition) is 4. The van der Waals surface area contributed by atoms with Gasteiger partial charge >= 0.3 is 0 Å². The molecule has 3 aromatic rings. The SMILES string of the molecule is COc1ccccc1C1=NO[C@@H](CN(Cc2ccc(F)cc2)C(=O)c2ccc(C)cc2)C1. The summed E-state index contributed by atoms with van der Waals surface area (Å²) in [4.78, 5) is 20.7. The van der Waals surface area contributed by atoms with Gasteiger partial charge in [-0.15, -0.1) is 0 Å². The number of nitrogens with zero attached hydrogens (tertiary/aromatic N) is 2. The number of halogens is 1. The summed E-state index contributed by atoms with van der Waals surface area (Å²) in [5, 5.41) is 4.26. The smallest absolute Gasteiger partial charge is 0.254 e. The van der Waals surface area contributed by atoms with Crippen LogP contribution in [0.1, 0.15) is 33.5 Å². The van der Waals surface area contributed by atoms with Crippen LogP contribution >= 0.6 is 0 Å². The Morgan fingerprint density at radius 1 is 1.09 bits per heavy atom. The molecule has 0 aromatic heterocycles. The molecule has 0 fully saturated rings. The molecule has 0 radical (unpaired) electrons. The first kappa shape index (κ1) is 21.6. The van der Waals surface area contributed by atoms with Gasteiger partial charge < -0.3 is 14.5 Å². The minimum absolute atomic E-state index is 0.108. The molecule has 1 heterocycles. The second-order valence-electron chi connectivity index (χ2n) is 7.85. The quantitative estimate of drug-likeness (QED) is 0.529. The van der Waals surface area contributed by atoms with E-state index >= 15 is 0 Å². The highest BCUT2D eigenvalue weighted by Gasteiger charge is 2.28. The molecule has 32 heavy (non-hydrogen) atoms. The first-order valence-electron chi connectivity index (χ1n) is 10.5. The van der Waals surface area contributed by atoms with Crippen molar-refractivity contribution >= 4 is 11.6 Å². The zero-order valence-corrected chi connectivity index (χ0v) is 18.1. The van der Waals surface area contributed by atoms with Crippen LogP contribution < -0.4 is 4.74 Å². The number of aryl methyl sites for hydroxylation is 1. The van der Waals surface area contributed by atoms with Crippen molar-refractivity contribution in [3.63, 3.8) is 0 Å². The third-order valence-electron chi connectivity index (χ3n) is 5.45. The van der Waals surface area contributed by atoms with Crippen LogP contribution in [0.2, 0.25) is 0 Å². The zero-order chi connectivity index (χ0) is 22.5. The van der Waals surface area contributed by atoms with E-state index in [1.54, 1.807) is 24.1 Å². The number of carbonyl (C=O) groups excluding carboxylic acids is 1. The summed E-state index contributed by atoms with van der Waals surface area (Å²) < 4.78 is 18.8. The molecular weight excluding hydrogens is 407 g/mol. The van der Waals surface area contributed by atoms with E-state index in [-0.39, 0.29) is 17.8 Å². The van der Waals surface area contributed by atoms with Crippen LogP contribution in [-0.4, -0.2) is 36.3 Å². The normalized spacial score (nSPS) is 15.1. The topological polar surface area (TPSA) is 51.1 Å². The molecule has 0 bridgehead atoms. The van der Waals surface area contributed by atoms with E-state index in [2.05, 4.69) is 5.16 Å². The van der Waals surface area contributed by atoms with E-state index in [1.807, 2.05) is 55.5 Å². The fourth-order valence-corrected chi connectivity index (χ4v) is 3.72. The third-order valence-corrected chi connectivity index (χ3v) is 5.45. The number of ether oxygens (including phenoxy) is 1. The van der Waals surface area contributed by atoms with Gasteiger partial charge in [-0.3, -0.25) is 4.79 Å². The monoisotopic (exact) mass is 432 g/mol. The predicted molar refractivity (Wildman–Crippen MR) is 121 cm³/mol. The summed E-state index contributed by atoms with van der Waals surface area (Å²) in [5.41, 5.74) is 4.20. The summed E-state index contributed by atoms with van der Waals surface area (Å²) in [6.45, 7) is 2.68. The average molecular weight is 432 g/mol. The number of methoxy groups -OCH3 is 1. The molecule has 0 saturated carbocycles. The fourth-order valence-electron chi connectivity index (χ4n) is 3.72. The van der Waals surface area contributed by atoms with Crippen molar-refractivity contribution in [2.24, 2.45) is 5.16 Å². The van der Waals surface area contributed by atoms with Crippen LogP contribution in [0.4, 0.5) is 4.39 Å². The lowest BCUT2D eigenvalue weighted by Gasteiger charge is -2.25. The number of para-hydroxylation sites is 1. The minimum Gasteiger partial charge on any atom is -0.496 e. The van der Waals surface area contributed by atoms with E-state index in [1.165, 1.54) is 12.1 Å². The lowest BCUT2D eigenvalue weighted by atomic mass is 10.0. The summed E-state index contributed by atoms with van der Waals surface area (Å²) in [5.74, 6) is 0.317. The Balaban J connectivity index is 1.52. The Morgan fingerprint density at radius 3 is 2.53 bits per heavy atom. The Morgan fingerprint density at radius 2 is 1.81 bits per heavy atom. The van der Waals surface area contributed by atoms with Gasteiger partial charge in [-0.2, -0.15) is 0 Å². The number of benzene rings is 3. The molecule has 3 aromatic carbocycles. The van der Waals surface area contributed by atoms with Gasteiger partial charge in [-0.1, -0.05) is 47.1 Å². The fraction of sp³-hybridized carbons (Fsp3) is 0.231. The zero-order valence-electron chi connectivity index (χ0n) is 18.1. The Labute approximate surface area is 187 Å². The van der Waals surface area contributed by atoms with Crippen molar-refractivity contribution in [2.75, 3.05) is 13.7 Å². The first-order valence-corrected chi connectivity index (χ1v) is 10.5. The molecule has 0 spiro atoms. The lowest BCUT2D eigenvalue weighted by Crippen LogP contribution is -2.37. The predicted octanol–water partition coefficient (Wildman–Crippen LogP) is 4.98. The van der Waals surface area contributed by atoms with Crippen molar-refractivity contribution in [1.82, 2.24) is 4.90 Å². The van der Waals surface area contributed by atoms with Crippen LogP contribution in [-0.2, 0) is 11.4 Å². The van der Waals surface area contributed by atoms with Gasteiger partial charge in [0, 0.05) is 24.1 Å². The maximum Gasteiger partial charge on any atom is 0.254 e. The Bertz CT molecular complexity index is 1110. The van der Waals surface area contributed by atoms with Crippen molar-refractivity contribution in [1.29, 1.82) is 0 Å². The van der Waals surface area contributed by atoms with E-state index < -0.39 is 0 Å². The van der Waals surface area contributed by atoms with Gasteiger partial charge in [0.25, 0.3) is 5.91 Å². The van der Waals surface area contributed by atoms with Gasteiger partial charge in [0.2, 0.25) is 0 Å². The lowest BCUT2D eigenvalue weighted by molar-refractivity contribution is 0.0405. The highest BCUT2D eigenvalue weighted by atomic mass is 19.1. The molecule has 1 amide bonds. The number of amides is 1. The summed E-state index contributed by atoms with van der Waals surface area (Å²) >= 11 is 0. The van der Waals surface area contributed by atoms with Crippen LogP contribution in [0, 0.1) is 12.7 Å². The largest absolute Gasteiger partial charge is 0.496 e. The molecule has 4 rings (SSSR count). The summed E-state index contributed by atoms with van der Waals surface area (Å²) in [6.07, 6.45) is 0.270. The van der Waals surface area contributed by atoms with Gasteiger partial charge in [0.1, 0.15) is 11.6 Å². The molecule has 1 atom stereocenters. The Kier molecular flexibility index (Phi) is 6.50. The number of rotatable bonds is 7. The summed E-state index contributed by atoms with van der Waals surface area (Å²) in [7, 11) is 1.62. The van der Waals surface area contributed by atoms with Crippen LogP contribution in [0.15, 0.2) is 78.0 Å². The third kappa shape index (κ3) is 4.97. The maximum absolute atomic E-state index is 13.4. The number of oxime groups is 1. The standard InChI is InChI=1S/C26H25FN2O3/c1-18-7-11-20(12-8-18)26(30)29(16-19-9-13-21(27)14-10-19)17-22-15-24(28-32-22)23-5-3-4-6-25(23)31-2/h3-14,22H,15-17H2,1-2H3/t22-/m1/s1. The van der Waals surface area contributed by atoms with Crippen molar-refractivity contribution in [2.45, 2.75) is 26.0 Å². The molecule has 0 N–H and O–H groups in total. The van der Waals surface area contributed by atoms with Gasteiger partial charge in [-0.25, -0.2) is 4.39 Å². The molecule has 5 nitrogen and oxygen atoms in total. The van der Waals surface area contributed by atoms with Crippen LogP contribution in [0.5, 0.6) is 5.75 Å². The maximum atomic E-state index is 13.4.